The molecule has 0 heterocycles. The molecule has 4 heteroatoms. The molecule has 1 atom stereocenters. The molecule has 0 radical (unpaired) electrons. The van der Waals surface area contributed by atoms with Gasteiger partial charge in [0.05, 0.1) is 17.7 Å². The molecule has 0 saturated carbocycles. The van der Waals surface area contributed by atoms with Crippen LogP contribution in [0.1, 0.15) is 11.1 Å². The summed E-state index contributed by atoms with van der Waals surface area (Å²) >= 11 is 0. The van der Waals surface area contributed by atoms with E-state index in [1.807, 2.05) is 30.3 Å². The standard InChI is InChI=1S/C17H17N3O/c1-19-16(11-13-6-3-2-4-7-13)17(21)20-15-9-5-8-14(10-15)12-18/h2-10,16,19H,11H2,1H3,(H,20,21)/t16-/m0/s1. The van der Waals surface area contributed by atoms with Crippen molar-refractivity contribution in [1.29, 1.82) is 5.26 Å². The zero-order chi connectivity index (χ0) is 15.1. The molecule has 106 valence electrons. The number of benzene rings is 2. The van der Waals surface area contributed by atoms with Crippen LogP contribution in [-0.2, 0) is 11.2 Å². The third-order valence-electron chi connectivity index (χ3n) is 3.21. The molecule has 0 bridgehead atoms. The quantitative estimate of drug-likeness (QED) is 0.883. The van der Waals surface area contributed by atoms with E-state index in [-0.39, 0.29) is 11.9 Å². The van der Waals surface area contributed by atoms with Gasteiger partial charge in [0.1, 0.15) is 0 Å². The average molecular weight is 279 g/mol. The van der Waals surface area contributed by atoms with Gasteiger partial charge >= 0.3 is 0 Å². The third-order valence-corrected chi connectivity index (χ3v) is 3.21. The third kappa shape index (κ3) is 4.16. The van der Waals surface area contributed by atoms with Crippen molar-refractivity contribution in [3.05, 3.63) is 65.7 Å². The Hall–Kier alpha value is -2.64. The van der Waals surface area contributed by atoms with Crippen LogP contribution < -0.4 is 10.6 Å². The van der Waals surface area contributed by atoms with Crippen LogP contribution >= 0.6 is 0 Å². The van der Waals surface area contributed by atoms with Gasteiger partial charge in [0.2, 0.25) is 5.91 Å². The summed E-state index contributed by atoms with van der Waals surface area (Å²) in [5.74, 6) is -0.114. The van der Waals surface area contributed by atoms with Crippen LogP contribution in [0.25, 0.3) is 0 Å². The van der Waals surface area contributed by atoms with Crippen LogP contribution in [-0.4, -0.2) is 19.0 Å². The molecule has 0 aliphatic carbocycles. The van der Waals surface area contributed by atoms with Gasteiger partial charge in [-0.3, -0.25) is 4.79 Å². The Morgan fingerprint density at radius 2 is 1.95 bits per heavy atom. The van der Waals surface area contributed by atoms with Gasteiger partial charge in [-0.2, -0.15) is 5.26 Å². The number of hydrogen-bond donors (Lipinski definition) is 2. The SMILES string of the molecule is CN[C@@H](Cc1ccccc1)C(=O)Nc1cccc(C#N)c1. The predicted molar refractivity (Wildman–Crippen MR) is 82.8 cm³/mol. The van der Waals surface area contributed by atoms with E-state index < -0.39 is 0 Å². The maximum absolute atomic E-state index is 12.3. The molecule has 1 amide bonds. The number of nitrogens with zero attached hydrogens (tertiary/aromatic N) is 1. The number of hydrogen-bond acceptors (Lipinski definition) is 3. The molecule has 0 fully saturated rings. The molecule has 0 aliphatic heterocycles. The van der Waals surface area contributed by atoms with E-state index in [0.29, 0.717) is 17.7 Å². The Kier molecular flexibility index (Phi) is 5.08. The second-order valence-electron chi connectivity index (χ2n) is 4.71. The number of carbonyl (C=O) groups is 1. The van der Waals surface area contributed by atoms with Gasteiger partial charge < -0.3 is 10.6 Å². The lowest BCUT2D eigenvalue weighted by Gasteiger charge is -2.16. The molecule has 0 unspecified atom stereocenters. The van der Waals surface area contributed by atoms with E-state index >= 15 is 0 Å². The second kappa shape index (κ2) is 7.22. The highest BCUT2D eigenvalue weighted by Gasteiger charge is 2.17. The summed E-state index contributed by atoms with van der Waals surface area (Å²) in [5.41, 5.74) is 2.25. The lowest BCUT2D eigenvalue weighted by molar-refractivity contribution is -0.118. The molecule has 2 rings (SSSR count). The second-order valence-corrected chi connectivity index (χ2v) is 4.71. The summed E-state index contributed by atoms with van der Waals surface area (Å²) < 4.78 is 0. The van der Waals surface area contributed by atoms with Crippen LogP contribution in [0, 0.1) is 11.3 Å². The first kappa shape index (κ1) is 14.8. The van der Waals surface area contributed by atoms with Crippen molar-refractivity contribution < 1.29 is 4.79 Å². The summed E-state index contributed by atoms with van der Waals surface area (Å²) in [4.78, 5) is 12.3. The molecule has 2 aromatic rings. The lowest BCUT2D eigenvalue weighted by Crippen LogP contribution is -2.40. The minimum Gasteiger partial charge on any atom is -0.325 e. The highest BCUT2D eigenvalue weighted by atomic mass is 16.2. The van der Waals surface area contributed by atoms with Crippen LogP contribution in [0.5, 0.6) is 0 Å². The maximum atomic E-state index is 12.3. The predicted octanol–water partition coefficient (Wildman–Crippen LogP) is 2.33. The Morgan fingerprint density at radius 1 is 1.19 bits per heavy atom. The van der Waals surface area contributed by atoms with Crippen molar-refractivity contribution in [2.45, 2.75) is 12.5 Å². The summed E-state index contributed by atoms with van der Waals surface area (Å²) in [7, 11) is 1.76. The normalized spacial score (nSPS) is 11.4. The van der Waals surface area contributed by atoms with E-state index in [4.69, 9.17) is 5.26 Å². The molecule has 21 heavy (non-hydrogen) atoms. The fraction of sp³-hybridized carbons (Fsp3) is 0.176. The van der Waals surface area contributed by atoms with Crippen LogP contribution in [0.2, 0.25) is 0 Å². The Labute approximate surface area is 124 Å². The number of anilines is 1. The van der Waals surface area contributed by atoms with Crippen molar-refractivity contribution in [3.63, 3.8) is 0 Å². The monoisotopic (exact) mass is 279 g/mol. The summed E-state index contributed by atoms with van der Waals surface area (Å²) in [6.07, 6.45) is 0.612. The molecular formula is C17H17N3O. The highest BCUT2D eigenvalue weighted by Crippen LogP contribution is 2.11. The van der Waals surface area contributed by atoms with E-state index in [0.717, 1.165) is 5.56 Å². The Bertz CT molecular complexity index is 647. The molecule has 0 spiro atoms. The fourth-order valence-electron chi connectivity index (χ4n) is 2.07. The summed E-state index contributed by atoms with van der Waals surface area (Å²) in [5, 5.41) is 14.7. The number of carbonyl (C=O) groups excluding carboxylic acids is 1. The van der Waals surface area contributed by atoms with Gasteiger partial charge in [0, 0.05) is 5.69 Å². The van der Waals surface area contributed by atoms with Gasteiger partial charge in [-0.1, -0.05) is 36.4 Å². The lowest BCUT2D eigenvalue weighted by atomic mass is 10.1. The van der Waals surface area contributed by atoms with E-state index in [1.54, 1.807) is 31.3 Å². The van der Waals surface area contributed by atoms with Crippen LogP contribution in [0.3, 0.4) is 0 Å². The minimum absolute atomic E-state index is 0.114. The van der Waals surface area contributed by atoms with E-state index in [9.17, 15) is 4.79 Å². The molecule has 2 N–H and O–H groups in total. The van der Waals surface area contributed by atoms with E-state index in [1.165, 1.54) is 0 Å². The van der Waals surface area contributed by atoms with Crippen molar-refractivity contribution in [3.8, 4) is 6.07 Å². The zero-order valence-corrected chi connectivity index (χ0v) is 11.8. The molecule has 2 aromatic carbocycles. The number of likely N-dealkylation sites (N-methyl/N-ethyl adjacent to an activating group) is 1. The van der Waals surface area contributed by atoms with Crippen LogP contribution in [0.15, 0.2) is 54.6 Å². The topological polar surface area (TPSA) is 64.9 Å². The van der Waals surface area contributed by atoms with Crippen molar-refractivity contribution >= 4 is 11.6 Å². The molecule has 0 aliphatic rings. The zero-order valence-electron chi connectivity index (χ0n) is 11.8. The molecule has 4 nitrogen and oxygen atoms in total. The van der Waals surface area contributed by atoms with Crippen molar-refractivity contribution in [1.82, 2.24) is 5.32 Å². The van der Waals surface area contributed by atoms with Crippen LogP contribution in [0.4, 0.5) is 5.69 Å². The minimum atomic E-state index is -0.321. The summed E-state index contributed by atoms with van der Waals surface area (Å²) in [6.45, 7) is 0. The Balaban J connectivity index is 2.05. The van der Waals surface area contributed by atoms with E-state index in [2.05, 4.69) is 16.7 Å². The highest BCUT2D eigenvalue weighted by molar-refractivity contribution is 5.95. The number of rotatable bonds is 5. The first-order valence-corrected chi connectivity index (χ1v) is 6.75. The Morgan fingerprint density at radius 3 is 2.62 bits per heavy atom. The average Bonchev–Trinajstić information content (AvgIpc) is 2.53. The summed E-state index contributed by atoms with van der Waals surface area (Å²) in [6, 6.07) is 18.5. The first-order valence-electron chi connectivity index (χ1n) is 6.75. The fourth-order valence-corrected chi connectivity index (χ4v) is 2.07. The van der Waals surface area contributed by atoms with Crippen molar-refractivity contribution in [2.24, 2.45) is 0 Å². The van der Waals surface area contributed by atoms with Crippen molar-refractivity contribution in [2.75, 3.05) is 12.4 Å². The van der Waals surface area contributed by atoms with Gasteiger partial charge in [0.15, 0.2) is 0 Å². The first-order chi connectivity index (χ1) is 10.2. The molecular weight excluding hydrogens is 262 g/mol. The molecule has 0 saturated heterocycles. The smallest absolute Gasteiger partial charge is 0.241 e. The largest absolute Gasteiger partial charge is 0.325 e. The van der Waals surface area contributed by atoms with Gasteiger partial charge in [0.25, 0.3) is 0 Å². The number of nitrogens with one attached hydrogen (secondary N) is 2. The molecule has 0 aromatic heterocycles. The van der Waals surface area contributed by atoms with Gasteiger partial charge in [-0.05, 0) is 37.2 Å². The number of nitriles is 1. The van der Waals surface area contributed by atoms with Gasteiger partial charge in [-0.15, -0.1) is 0 Å². The van der Waals surface area contributed by atoms with Gasteiger partial charge in [-0.25, -0.2) is 0 Å². The maximum Gasteiger partial charge on any atom is 0.241 e. The number of amides is 1.